The number of rotatable bonds is 12. The number of thioether (sulfide) groups is 1. The lowest BCUT2D eigenvalue weighted by Gasteiger charge is -2.11. The molecule has 1 aromatic carbocycles. The van der Waals surface area contributed by atoms with Gasteiger partial charge in [-0.15, -0.1) is 11.8 Å². The lowest BCUT2D eigenvalue weighted by Crippen LogP contribution is -2.22. The highest BCUT2D eigenvalue weighted by Crippen LogP contribution is 2.27. The van der Waals surface area contributed by atoms with Crippen molar-refractivity contribution in [3.63, 3.8) is 0 Å². The summed E-state index contributed by atoms with van der Waals surface area (Å²) >= 11 is 5.44. The SMILES string of the molecule is CCCCCCCCCCC(N)CSc1ccccc1Br. The Kier molecular flexibility index (Phi) is 11.4. The van der Waals surface area contributed by atoms with E-state index in [2.05, 4.69) is 47.1 Å². The zero-order valence-electron chi connectivity index (χ0n) is 13.3. The van der Waals surface area contributed by atoms with Gasteiger partial charge in [0.15, 0.2) is 0 Å². The van der Waals surface area contributed by atoms with E-state index in [9.17, 15) is 0 Å². The molecule has 0 spiro atoms. The second kappa shape index (κ2) is 12.5. The quantitative estimate of drug-likeness (QED) is 0.339. The predicted octanol–water partition coefficient (Wildman–Crippen LogP) is 6.40. The van der Waals surface area contributed by atoms with Gasteiger partial charge in [-0.25, -0.2) is 0 Å². The van der Waals surface area contributed by atoms with Crippen LogP contribution in [0.15, 0.2) is 33.6 Å². The third-order valence-corrected chi connectivity index (χ3v) is 5.93. The second-order valence-corrected chi connectivity index (χ2v) is 7.68. The van der Waals surface area contributed by atoms with E-state index in [-0.39, 0.29) is 0 Å². The van der Waals surface area contributed by atoms with Crippen molar-refractivity contribution in [1.29, 1.82) is 0 Å². The van der Waals surface area contributed by atoms with Crippen LogP contribution in [0.4, 0.5) is 0 Å². The van der Waals surface area contributed by atoms with E-state index in [0.717, 1.165) is 12.2 Å². The molecule has 120 valence electrons. The smallest absolute Gasteiger partial charge is 0.0311 e. The average Bonchev–Trinajstić information content (AvgIpc) is 2.49. The summed E-state index contributed by atoms with van der Waals surface area (Å²) in [6.45, 7) is 2.27. The molecule has 0 aromatic heterocycles. The molecule has 1 unspecified atom stereocenters. The van der Waals surface area contributed by atoms with Crippen LogP contribution < -0.4 is 5.73 Å². The summed E-state index contributed by atoms with van der Waals surface area (Å²) < 4.78 is 1.18. The van der Waals surface area contributed by atoms with Crippen LogP contribution in [0, 0.1) is 0 Å². The summed E-state index contributed by atoms with van der Waals surface area (Å²) in [7, 11) is 0. The second-order valence-electron chi connectivity index (χ2n) is 5.77. The standard InChI is InChI=1S/C18H30BrNS/c1-2-3-4-5-6-7-8-9-12-16(20)15-21-18-14-11-10-13-17(18)19/h10-11,13-14,16H,2-9,12,15,20H2,1H3. The van der Waals surface area contributed by atoms with Crippen LogP contribution >= 0.6 is 27.7 Å². The van der Waals surface area contributed by atoms with Gasteiger partial charge in [0.05, 0.1) is 0 Å². The number of nitrogens with two attached hydrogens (primary N) is 1. The molecule has 0 aliphatic heterocycles. The van der Waals surface area contributed by atoms with Crippen molar-refractivity contribution in [3.8, 4) is 0 Å². The molecule has 21 heavy (non-hydrogen) atoms. The van der Waals surface area contributed by atoms with Gasteiger partial charge in [0.2, 0.25) is 0 Å². The predicted molar refractivity (Wildman–Crippen MR) is 100 cm³/mol. The molecule has 0 fully saturated rings. The summed E-state index contributed by atoms with van der Waals surface area (Å²) in [4.78, 5) is 1.30. The summed E-state index contributed by atoms with van der Waals surface area (Å²) in [5.41, 5.74) is 6.22. The Balaban J connectivity index is 1.99. The highest BCUT2D eigenvalue weighted by atomic mass is 79.9. The van der Waals surface area contributed by atoms with Crippen LogP contribution in [-0.2, 0) is 0 Å². The molecule has 0 heterocycles. The van der Waals surface area contributed by atoms with Crippen LogP contribution in [0.5, 0.6) is 0 Å². The molecule has 0 saturated heterocycles. The number of hydrogen-bond acceptors (Lipinski definition) is 2. The Morgan fingerprint density at radius 3 is 2.29 bits per heavy atom. The molecule has 0 aliphatic rings. The van der Waals surface area contributed by atoms with Crippen LogP contribution in [0.25, 0.3) is 0 Å². The molecule has 1 aromatic rings. The van der Waals surface area contributed by atoms with E-state index in [1.165, 1.54) is 60.7 Å². The summed E-state index contributed by atoms with van der Waals surface area (Å²) in [5.74, 6) is 1.01. The molecule has 0 amide bonds. The van der Waals surface area contributed by atoms with Crippen LogP contribution in [0.2, 0.25) is 0 Å². The van der Waals surface area contributed by atoms with E-state index in [0.29, 0.717) is 6.04 Å². The lowest BCUT2D eigenvalue weighted by atomic mass is 10.1. The molecule has 3 heteroatoms. The Labute approximate surface area is 143 Å². The fraction of sp³-hybridized carbons (Fsp3) is 0.667. The van der Waals surface area contributed by atoms with Crippen molar-refractivity contribution in [2.24, 2.45) is 5.73 Å². The van der Waals surface area contributed by atoms with Gasteiger partial charge in [0.1, 0.15) is 0 Å². The maximum absolute atomic E-state index is 6.22. The zero-order valence-corrected chi connectivity index (χ0v) is 15.7. The summed E-state index contributed by atoms with van der Waals surface area (Å²) in [6.07, 6.45) is 12.1. The highest BCUT2D eigenvalue weighted by Gasteiger charge is 2.05. The Morgan fingerprint density at radius 1 is 1.00 bits per heavy atom. The Morgan fingerprint density at radius 2 is 1.62 bits per heavy atom. The monoisotopic (exact) mass is 371 g/mol. The summed E-state index contributed by atoms with van der Waals surface area (Å²) in [6, 6.07) is 8.69. The molecule has 0 aliphatic carbocycles. The number of hydrogen-bond donors (Lipinski definition) is 1. The van der Waals surface area contributed by atoms with Crippen molar-refractivity contribution in [2.75, 3.05) is 5.75 Å². The first kappa shape index (κ1) is 19.1. The molecule has 1 nitrogen and oxygen atoms in total. The number of benzene rings is 1. The first-order valence-corrected chi connectivity index (χ1v) is 10.1. The van der Waals surface area contributed by atoms with Gasteiger partial charge in [-0.1, -0.05) is 70.4 Å². The molecule has 2 N–H and O–H groups in total. The van der Waals surface area contributed by atoms with Gasteiger partial charge >= 0.3 is 0 Å². The fourth-order valence-electron chi connectivity index (χ4n) is 2.38. The van der Waals surface area contributed by atoms with Gasteiger partial charge < -0.3 is 5.73 Å². The molecule has 1 rings (SSSR count). The number of halogens is 1. The maximum Gasteiger partial charge on any atom is 0.0311 e. The molecular formula is C18H30BrNS. The van der Waals surface area contributed by atoms with E-state index in [4.69, 9.17) is 5.73 Å². The van der Waals surface area contributed by atoms with E-state index >= 15 is 0 Å². The molecule has 0 saturated carbocycles. The van der Waals surface area contributed by atoms with Crippen molar-refractivity contribution in [2.45, 2.75) is 75.6 Å². The maximum atomic E-state index is 6.22. The Hall–Kier alpha value is 0.01000. The van der Waals surface area contributed by atoms with Crippen LogP contribution in [0.3, 0.4) is 0 Å². The molecule has 0 radical (unpaired) electrons. The minimum atomic E-state index is 0.321. The Bertz CT molecular complexity index is 370. The minimum absolute atomic E-state index is 0.321. The van der Waals surface area contributed by atoms with Crippen molar-refractivity contribution in [3.05, 3.63) is 28.7 Å². The first-order chi connectivity index (χ1) is 10.2. The van der Waals surface area contributed by atoms with E-state index < -0.39 is 0 Å². The highest BCUT2D eigenvalue weighted by molar-refractivity contribution is 9.10. The average molecular weight is 372 g/mol. The first-order valence-electron chi connectivity index (χ1n) is 8.37. The van der Waals surface area contributed by atoms with Gasteiger partial charge in [0, 0.05) is 21.2 Å². The third kappa shape index (κ3) is 9.59. The van der Waals surface area contributed by atoms with E-state index in [1.807, 2.05) is 11.8 Å². The van der Waals surface area contributed by atoms with E-state index in [1.54, 1.807) is 0 Å². The van der Waals surface area contributed by atoms with Crippen LogP contribution in [0.1, 0.15) is 64.7 Å². The summed E-state index contributed by atoms with van der Waals surface area (Å²) in [5, 5.41) is 0. The molecule has 1 atom stereocenters. The largest absolute Gasteiger partial charge is 0.327 e. The van der Waals surface area contributed by atoms with Crippen molar-refractivity contribution in [1.82, 2.24) is 0 Å². The topological polar surface area (TPSA) is 26.0 Å². The zero-order chi connectivity index (χ0) is 15.3. The lowest BCUT2D eigenvalue weighted by molar-refractivity contribution is 0.543. The van der Waals surface area contributed by atoms with Gasteiger partial charge in [-0.3, -0.25) is 0 Å². The van der Waals surface area contributed by atoms with Gasteiger partial charge in [-0.05, 0) is 34.5 Å². The van der Waals surface area contributed by atoms with Crippen molar-refractivity contribution >= 4 is 27.7 Å². The number of unbranched alkanes of at least 4 members (excludes halogenated alkanes) is 7. The van der Waals surface area contributed by atoms with Gasteiger partial charge in [0.25, 0.3) is 0 Å². The third-order valence-electron chi connectivity index (χ3n) is 3.72. The molecule has 0 bridgehead atoms. The minimum Gasteiger partial charge on any atom is -0.327 e. The van der Waals surface area contributed by atoms with Gasteiger partial charge in [-0.2, -0.15) is 0 Å². The van der Waals surface area contributed by atoms with Crippen LogP contribution in [-0.4, -0.2) is 11.8 Å². The van der Waals surface area contributed by atoms with Crippen molar-refractivity contribution < 1.29 is 0 Å². The normalized spacial score (nSPS) is 12.5. The molecular weight excluding hydrogens is 342 g/mol. The fourth-order valence-corrected chi connectivity index (χ4v) is 3.95.